The molecule has 0 amide bonds. The third-order valence-electron chi connectivity index (χ3n) is 2.10. The molecule has 78 valence electrons. The number of nitrogens with one attached hydrogen (secondary N) is 1. The summed E-state index contributed by atoms with van der Waals surface area (Å²) in [4.78, 5) is 10.5. The maximum absolute atomic E-state index is 4.28. The summed E-state index contributed by atoms with van der Waals surface area (Å²) in [6.07, 6.45) is 1.59. The number of nitrogens with zero attached hydrogens (tertiary/aromatic N) is 3. The van der Waals surface area contributed by atoms with Gasteiger partial charge < -0.3 is 10.2 Å². The highest BCUT2D eigenvalue weighted by Crippen LogP contribution is 2.29. The normalized spacial score (nSPS) is 10.4. The molecule has 0 saturated heterocycles. The molecule has 0 bridgehead atoms. The third kappa shape index (κ3) is 1.95. The first-order valence-electron chi connectivity index (χ1n) is 4.78. The van der Waals surface area contributed by atoms with Crippen molar-refractivity contribution >= 4 is 11.6 Å². The quantitative estimate of drug-likeness (QED) is 0.795. The Hall–Kier alpha value is -1.32. The summed E-state index contributed by atoms with van der Waals surface area (Å²) in [6, 6.07) is 0. The predicted octanol–water partition coefficient (Wildman–Crippen LogP) is 1.71. The van der Waals surface area contributed by atoms with Crippen molar-refractivity contribution in [2.75, 3.05) is 31.4 Å². The summed E-state index contributed by atoms with van der Waals surface area (Å²) in [6.45, 7) is 4.29. The Bertz CT molecular complexity index is 307. The van der Waals surface area contributed by atoms with Crippen LogP contribution in [0, 0.1) is 0 Å². The Morgan fingerprint density at radius 1 is 1.29 bits per heavy atom. The molecular formula is C10H18N4. The van der Waals surface area contributed by atoms with Crippen LogP contribution in [0.25, 0.3) is 0 Å². The SMILES string of the molecule is CNc1ncnc(N(C)C)c1C(C)C. The maximum Gasteiger partial charge on any atom is 0.137 e. The molecule has 1 rings (SSSR count). The molecule has 0 fully saturated rings. The Kier molecular flexibility index (Phi) is 3.28. The first-order chi connectivity index (χ1) is 6.57. The van der Waals surface area contributed by atoms with Crippen LogP contribution >= 0.6 is 0 Å². The van der Waals surface area contributed by atoms with Gasteiger partial charge >= 0.3 is 0 Å². The number of hydrogen-bond donors (Lipinski definition) is 1. The van der Waals surface area contributed by atoms with E-state index in [1.807, 2.05) is 26.0 Å². The summed E-state index contributed by atoms with van der Waals surface area (Å²) in [7, 11) is 5.87. The van der Waals surface area contributed by atoms with E-state index < -0.39 is 0 Å². The van der Waals surface area contributed by atoms with Crippen LogP contribution in [0.15, 0.2) is 6.33 Å². The number of rotatable bonds is 3. The predicted molar refractivity (Wildman–Crippen MR) is 60.0 cm³/mol. The van der Waals surface area contributed by atoms with Crippen LogP contribution in [0.1, 0.15) is 25.3 Å². The molecule has 0 unspecified atom stereocenters. The summed E-state index contributed by atoms with van der Waals surface area (Å²) >= 11 is 0. The van der Waals surface area contributed by atoms with E-state index in [2.05, 4.69) is 29.1 Å². The zero-order valence-corrected chi connectivity index (χ0v) is 9.50. The first kappa shape index (κ1) is 10.8. The molecule has 0 radical (unpaired) electrons. The molecule has 4 nitrogen and oxygen atoms in total. The van der Waals surface area contributed by atoms with Crippen LogP contribution in [-0.4, -0.2) is 31.1 Å². The van der Waals surface area contributed by atoms with E-state index in [0.717, 1.165) is 11.6 Å². The molecule has 4 heteroatoms. The lowest BCUT2D eigenvalue weighted by Crippen LogP contribution is -2.16. The summed E-state index contributed by atoms with van der Waals surface area (Å²) in [5, 5.41) is 3.09. The molecule has 0 aliphatic heterocycles. The Labute approximate surface area is 85.4 Å². The van der Waals surface area contributed by atoms with Crippen LogP contribution in [0.2, 0.25) is 0 Å². The molecular weight excluding hydrogens is 176 g/mol. The molecule has 0 aromatic carbocycles. The van der Waals surface area contributed by atoms with Crippen molar-refractivity contribution in [2.45, 2.75) is 19.8 Å². The van der Waals surface area contributed by atoms with Gasteiger partial charge in [0.2, 0.25) is 0 Å². The van der Waals surface area contributed by atoms with Gasteiger partial charge in [-0.3, -0.25) is 0 Å². The average molecular weight is 194 g/mol. The molecule has 14 heavy (non-hydrogen) atoms. The van der Waals surface area contributed by atoms with Crippen molar-refractivity contribution < 1.29 is 0 Å². The second-order valence-corrected chi connectivity index (χ2v) is 3.76. The van der Waals surface area contributed by atoms with E-state index in [9.17, 15) is 0 Å². The lowest BCUT2D eigenvalue weighted by molar-refractivity contribution is 0.836. The zero-order valence-electron chi connectivity index (χ0n) is 9.50. The van der Waals surface area contributed by atoms with Crippen LogP contribution < -0.4 is 10.2 Å². The highest BCUT2D eigenvalue weighted by atomic mass is 15.2. The molecule has 0 atom stereocenters. The van der Waals surface area contributed by atoms with Gasteiger partial charge in [-0.1, -0.05) is 13.8 Å². The summed E-state index contributed by atoms with van der Waals surface area (Å²) in [5.74, 6) is 2.31. The molecule has 1 heterocycles. The van der Waals surface area contributed by atoms with Crippen LogP contribution in [-0.2, 0) is 0 Å². The minimum Gasteiger partial charge on any atom is -0.373 e. The lowest BCUT2D eigenvalue weighted by atomic mass is 10.0. The third-order valence-corrected chi connectivity index (χ3v) is 2.10. The van der Waals surface area contributed by atoms with Crippen molar-refractivity contribution in [3.05, 3.63) is 11.9 Å². The second-order valence-electron chi connectivity index (χ2n) is 3.76. The van der Waals surface area contributed by atoms with E-state index in [1.165, 1.54) is 5.56 Å². The van der Waals surface area contributed by atoms with E-state index in [-0.39, 0.29) is 0 Å². The van der Waals surface area contributed by atoms with Gasteiger partial charge in [-0.15, -0.1) is 0 Å². The highest BCUT2D eigenvalue weighted by Gasteiger charge is 2.14. The molecule has 0 spiro atoms. The first-order valence-corrected chi connectivity index (χ1v) is 4.78. The largest absolute Gasteiger partial charge is 0.373 e. The van der Waals surface area contributed by atoms with Crippen LogP contribution in [0.4, 0.5) is 11.6 Å². The zero-order chi connectivity index (χ0) is 10.7. The fourth-order valence-corrected chi connectivity index (χ4v) is 1.47. The van der Waals surface area contributed by atoms with Gasteiger partial charge in [0.1, 0.15) is 18.0 Å². The number of anilines is 2. The minimum atomic E-state index is 0.413. The average Bonchev–Trinajstić information content (AvgIpc) is 2.16. The summed E-state index contributed by atoms with van der Waals surface area (Å²) in [5.41, 5.74) is 1.17. The van der Waals surface area contributed by atoms with Crippen molar-refractivity contribution in [2.24, 2.45) is 0 Å². The van der Waals surface area contributed by atoms with E-state index in [4.69, 9.17) is 0 Å². The van der Waals surface area contributed by atoms with Crippen LogP contribution in [0.3, 0.4) is 0 Å². The van der Waals surface area contributed by atoms with Crippen molar-refractivity contribution in [1.82, 2.24) is 9.97 Å². The summed E-state index contributed by atoms with van der Waals surface area (Å²) < 4.78 is 0. The van der Waals surface area contributed by atoms with E-state index >= 15 is 0 Å². The van der Waals surface area contributed by atoms with Gasteiger partial charge in [0.25, 0.3) is 0 Å². The van der Waals surface area contributed by atoms with Crippen molar-refractivity contribution in [3.8, 4) is 0 Å². The number of hydrogen-bond acceptors (Lipinski definition) is 4. The van der Waals surface area contributed by atoms with Gasteiger partial charge in [0, 0.05) is 26.7 Å². The molecule has 0 aliphatic rings. The topological polar surface area (TPSA) is 41.1 Å². The molecule has 0 saturated carbocycles. The molecule has 1 aromatic heterocycles. The second kappa shape index (κ2) is 4.26. The lowest BCUT2D eigenvalue weighted by Gasteiger charge is -2.20. The smallest absolute Gasteiger partial charge is 0.137 e. The fourth-order valence-electron chi connectivity index (χ4n) is 1.47. The highest BCUT2D eigenvalue weighted by molar-refractivity contribution is 5.59. The Morgan fingerprint density at radius 2 is 1.93 bits per heavy atom. The Morgan fingerprint density at radius 3 is 2.36 bits per heavy atom. The van der Waals surface area contributed by atoms with Gasteiger partial charge in [0.15, 0.2) is 0 Å². The van der Waals surface area contributed by atoms with Gasteiger partial charge in [-0.2, -0.15) is 0 Å². The van der Waals surface area contributed by atoms with E-state index in [1.54, 1.807) is 6.33 Å². The molecule has 1 aromatic rings. The monoisotopic (exact) mass is 194 g/mol. The molecule has 1 N–H and O–H groups in total. The van der Waals surface area contributed by atoms with Crippen molar-refractivity contribution in [3.63, 3.8) is 0 Å². The molecule has 0 aliphatic carbocycles. The van der Waals surface area contributed by atoms with E-state index in [0.29, 0.717) is 5.92 Å². The maximum atomic E-state index is 4.28. The Balaban J connectivity index is 3.28. The minimum absolute atomic E-state index is 0.413. The number of aromatic nitrogens is 2. The standard InChI is InChI=1S/C10H18N4/c1-7(2)8-9(11-3)12-6-13-10(8)14(4)5/h6-7H,1-5H3,(H,11,12,13). The fraction of sp³-hybridized carbons (Fsp3) is 0.600. The van der Waals surface area contributed by atoms with Crippen LogP contribution in [0.5, 0.6) is 0 Å². The van der Waals surface area contributed by atoms with Gasteiger partial charge in [0.05, 0.1) is 0 Å². The van der Waals surface area contributed by atoms with Gasteiger partial charge in [-0.25, -0.2) is 9.97 Å². The van der Waals surface area contributed by atoms with Gasteiger partial charge in [-0.05, 0) is 5.92 Å². The van der Waals surface area contributed by atoms with Crippen molar-refractivity contribution in [1.29, 1.82) is 0 Å².